The van der Waals surface area contributed by atoms with Gasteiger partial charge >= 0.3 is 17.7 Å². The molecule has 12 heteroatoms. The number of oxazole rings is 1. The zero-order valence-electron chi connectivity index (χ0n) is 19.0. The van der Waals surface area contributed by atoms with Crippen molar-refractivity contribution in [3.63, 3.8) is 0 Å². The van der Waals surface area contributed by atoms with Crippen LogP contribution in [0.15, 0.2) is 27.4 Å². The van der Waals surface area contributed by atoms with Crippen LogP contribution in [0.5, 0.6) is 0 Å². The van der Waals surface area contributed by atoms with Crippen LogP contribution in [-0.4, -0.2) is 45.4 Å². The number of ether oxygens (including phenoxy) is 2. The fraction of sp³-hybridized carbons (Fsp3) is 0.364. The molecule has 34 heavy (non-hydrogen) atoms. The number of carbonyl (C=O) groups excluding carboxylic acids is 3. The summed E-state index contributed by atoms with van der Waals surface area (Å²) in [5.74, 6) is -2.42. The molecule has 0 fully saturated rings. The average molecular weight is 473 g/mol. The maximum absolute atomic E-state index is 12.7. The topological polar surface area (TPSA) is 164 Å². The van der Waals surface area contributed by atoms with Crippen molar-refractivity contribution >= 4 is 34.5 Å². The Kier molecular flexibility index (Phi) is 6.99. The molecule has 2 aromatic heterocycles. The minimum atomic E-state index is -1.10. The van der Waals surface area contributed by atoms with Crippen LogP contribution in [0.1, 0.15) is 51.9 Å². The van der Waals surface area contributed by atoms with Crippen molar-refractivity contribution in [2.24, 2.45) is 0 Å². The van der Waals surface area contributed by atoms with Gasteiger partial charge in [0.1, 0.15) is 0 Å². The predicted octanol–water partition coefficient (Wildman–Crippen LogP) is 2.83. The van der Waals surface area contributed by atoms with Gasteiger partial charge in [-0.2, -0.15) is 0 Å². The van der Waals surface area contributed by atoms with Crippen molar-refractivity contribution < 1.29 is 33.2 Å². The van der Waals surface area contributed by atoms with E-state index in [1.54, 1.807) is 13.8 Å². The Morgan fingerprint density at radius 1 is 1.26 bits per heavy atom. The van der Waals surface area contributed by atoms with Gasteiger partial charge < -0.3 is 18.9 Å². The van der Waals surface area contributed by atoms with Gasteiger partial charge in [0, 0.05) is 24.7 Å². The van der Waals surface area contributed by atoms with E-state index in [-0.39, 0.29) is 41.9 Å². The summed E-state index contributed by atoms with van der Waals surface area (Å²) < 4.78 is 16.3. The number of hydrogen-bond donors (Lipinski definition) is 1. The molecule has 1 unspecified atom stereocenters. The van der Waals surface area contributed by atoms with Crippen LogP contribution < -0.4 is 5.76 Å². The number of carbonyl (C=O) groups is 3. The maximum Gasteiger partial charge on any atom is 0.419 e. The summed E-state index contributed by atoms with van der Waals surface area (Å²) in [5.41, 5.74) is 1.52. The summed E-state index contributed by atoms with van der Waals surface area (Å²) in [6, 6.07) is 3.82. The van der Waals surface area contributed by atoms with Gasteiger partial charge in [-0.15, -0.1) is 0 Å². The van der Waals surface area contributed by atoms with Crippen LogP contribution >= 0.6 is 0 Å². The molecular weight excluding hydrogens is 450 g/mol. The van der Waals surface area contributed by atoms with Gasteiger partial charge in [-0.1, -0.05) is 0 Å². The van der Waals surface area contributed by atoms with Crippen LogP contribution in [-0.2, 0) is 20.8 Å². The van der Waals surface area contributed by atoms with Crippen molar-refractivity contribution in [2.75, 3.05) is 7.11 Å². The van der Waals surface area contributed by atoms with E-state index in [0.29, 0.717) is 16.8 Å². The van der Waals surface area contributed by atoms with Crippen LogP contribution in [0.4, 0.5) is 5.69 Å². The van der Waals surface area contributed by atoms with E-state index in [4.69, 9.17) is 13.9 Å². The molecule has 0 amide bonds. The highest BCUT2D eigenvalue weighted by Crippen LogP contribution is 2.22. The van der Waals surface area contributed by atoms with Crippen molar-refractivity contribution in [1.82, 2.24) is 9.55 Å². The third kappa shape index (κ3) is 4.75. The molecule has 0 aliphatic carbocycles. The lowest BCUT2D eigenvalue weighted by molar-refractivity contribution is -0.384. The number of Topliss-reactive ketones (excluding diaryl/α,β-unsaturated/α-hetero) is 1. The number of nitrogens with one attached hydrogen (secondary N) is 1. The Labute approximate surface area is 192 Å². The highest BCUT2D eigenvalue weighted by molar-refractivity contribution is 6.03. The number of rotatable bonds is 9. The largest absolute Gasteiger partial charge is 0.465 e. The summed E-state index contributed by atoms with van der Waals surface area (Å²) >= 11 is 0. The molecular formula is C22H23N3O9. The first kappa shape index (κ1) is 24.4. The predicted molar refractivity (Wildman–Crippen MR) is 118 cm³/mol. The van der Waals surface area contributed by atoms with Gasteiger partial charge in [0.05, 0.1) is 34.9 Å². The van der Waals surface area contributed by atoms with E-state index >= 15 is 0 Å². The number of fused-ring (bicyclic) bond motifs is 1. The molecule has 0 saturated heterocycles. The molecule has 0 saturated carbocycles. The van der Waals surface area contributed by atoms with Crippen LogP contribution in [0.3, 0.4) is 0 Å². The van der Waals surface area contributed by atoms with Crippen molar-refractivity contribution in [1.29, 1.82) is 0 Å². The second-order valence-electron chi connectivity index (χ2n) is 7.65. The number of H-pyrrole nitrogens is 1. The third-order valence-corrected chi connectivity index (χ3v) is 5.38. The fourth-order valence-corrected chi connectivity index (χ4v) is 3.68. The highest BCUT2D eigenvalue weighted by Gasteiger charge is 2.27. The SMILES string of the molecule is COC(=O)c1c(C)[nH]c(C(=O)C(C)OC(=O)CCCn2c(=O)oc3cc([N+](=O)[O-])ccc32)c1C. The average Bonchev–Trinajstić information content (AvgIpc) is 3.26. The summed E-state index contributed by atoms with van der Waals surface area (Å²) in [7, 11) is 1.24. The lowest BCUT2D eigenvalue weighted by Gasteiger charge is -2.12. The number of benzene rings is 1. The molecule has 0 radical (unpaired) electrons. The molecule has 0 spiro atoms. The summed E-state index contributed by atoms with van der Waals surface area (Å²) in [6.45, 7) is 4.76. The molecule has 1 N–H and O–H groups in total. The summed E-state index contributed by atoms with van der Waals surface area (Å²) in [5, 5.41) is 10.9. The number of aromatic amines is 1. The first-order valence-corrected chi connectivity index (χ1v) is 10.3. The van der Waals surface area contributed by atoms with E-state index in [1.165, 1.54) is 30.7 Å². The molecule has 180 valence electrons. The molecule has 12 nitrogen and oxygen atoms in total. The smallest absolute Gasteiger partial charge is 0.419 e. The Bertz CT molecular complexity index is 1350. The minimum absolute atomic E-state index is 0.0731. The van der Waals surface area contributed by atoms with E-state index in [0.717, 1.165) is 6.07 Å². The van der Waals surface area contributed by atoms with E-state index in [2.05, 4.69) is 4.98 Å². The zero-order valence-corrected chi connectivity index (χ0v) is 19.0. The van der Waals surface area contributed by atoms with Gasteiger partial charge in [-0.25, -0.2) is 9.59 Å². The summed E-state index contributed by atoms with van der Waals surface area (Å²) in [6.07, 6.45) is -0.981. The first-order valence-electron chi connectivity index (χ1n) is 10.3. The number of nitro benzene ring substituents is 1. The van der Waals surface area contributed by atoms with E-state index in [9.17, 15) is 29.3 Å². The molecule has 1 aromatic carbocycles. The highest BCUT2D eigenvalue weighted by atomic mass is 16.6. The lowest BCUT2D eigenvalue weighted by Crippen LogP contribution is -2.25. The fourth-order valence-electron chi connectivity index (χ4n) is 3.68. The molecule has 0 aliphatic rings. The number of hydrogen-bond acceptors (Lipinski definition) is 9. The minimum Gasteiger partial charge on any atom is -0.465 e. The van der Waals surface area contributed by atoms with Crippen molar-refractivity contribution in [2.45, 2.75) is 46.3 Å². The number of methoxy groups -OCH3 is 1. The number of esters is 2. The molecule has 0 bridgehead atoms. The number of non-ortho nitro benzene ring substituents is 1. The Hall–Kier alpha value is -4.22. The van der Waals surface area contributed by atoms with Crippen molar-refractivity contribution in [3.05, 3.63) is 61.4 Å². The molecule has 1 atom stereocenters. The number of nitro groups is 1. The quantitative estimate of drug-likeness (QED) is 0.213. The number of aryl methyl sites for hydroxylation is 2. The Balaban J connectivity index is 1.61. The Morgan fingerprint density at radius 2 is 1.97 bits per heavy atom. The van der Waals surface area contributed by atoms with Gasteiger partial charge in [0.15, 0.2) is 11.7 Å². The van der Waals surface area contributed by atoms with Gasteiger partial charge in [-0.05, 0) is 38.8 Å². The molecule has 3 aromatic rings. The van der Waals surface area contributed by atoms with E-state index < -0.39 is 34.5 Å². The second-order valence-corrected chi connectivity index (χ2v) is 7.65. The standard InChI is InChI=1S/C22H23N3O9/c1-11-18(21(28)32-4)12(2)23-19(11)20(27)13(3)33-17(26)6-5-9-24-15-8-7-14(25(30)31)10-16(15)34-22(24)29/h7-8,10,13,23H,5-6,9H2,1-4H3. The summed E-state index contributed by atoms with van der Waals surface area (Å²) in [4.78, 5) is 62.1. The first-order chi connectivity index (χ1) is 16.0. The monoisotopic (exact) mass is 473 g/mol. The van der Waals surface area contributed by atoms with Gasteiger partial charge in [-0.3, -0.25) is 24.3 Å². The third-order valence-electron chi connectivity index (χ3n) is 5.38. The van der Waals surface area contributed by atoms with Crippen molar-refractivity contribution in [3.8, 4) is 0 Å². The van der Waals surface area contributed by atoms with Crippen LogP contribution in [0.2, 0.25) is 0 Å². The number of nitrogens with zero attached hydrogens (tertiary/aromatic N) is 2. The van der Waals surface area contributed by atoms with Crippen LogP contribution in [0, 0.1) is 24.0 Å². The van der Waals surface area contributed by atoms with Crippen LogP contribution in [0.25, 0.3) is 11.1 Å². The normalized spacial score (nSPS) is 11.9. The molecule has 3 rings (SSSR count). The lowest BCUT2D eigenvalue weighted by atomic mass is 10.1. The van der Waals surface area contributed by atoms with Gasteiger partial charge in [0.2, 0.25) is 5.78 Å². The molecule has 0 aliphatic heterocycles. The number of ketones is 1. The zero-order chi connectivity index (χ0) is 25.2. The van der Waals surface area contributed by atoms with Gasteiger partial charge in [0.25, 0.3) is 5.69 Å². The second kappa shape index (κ2) is 9.73. The molecule has 2 heterocycles. The number of aromatic nitrogens is 2. The Morgan fingerprint density at radius 3 is 2.62 bits per heavy atom. The maximum atomic E-state index is 12.7. The van der Waals surface area contributed by atoms with E-state index in [1.807, 2.05) is 0 Å².